The fraction of sp³-hybridized carbons (Fsp3) is 0.737. The van der Waals surface area contributed by atoms with Gasteiger partial charge < -0.3 is 15.5 Å². The molecule has 3 heterocycles. The van der Waals surface area contributed by atoms with Crippen LogP contribution >= 0.6 is 0 Å². The lowest BCUT2D eigenvalue weighted by Gasteiger charge is -2.24. The van der Waals surface area contributed by atoms with Gasteiger partial charge in [-0.2, -0.15) is 0 Å². The maximum absolute atomic E-state index is 13.0. The monoisotopic (exact) mass is 343 g/mol. The van der Waals surface area contributed by atoms with Gasteiger partial charge in [-0.05, 0) is 44.9 Å². The molecule has 136 valence electrons. The van der Waals surface area contributed by atoms with Gasteiger partial charge in [0.1, 0.15) is 5.82 Å². The van der Waals surface area contributed by atoms with Gasteiger partial charge in [-0.1, -0.05) is 12.8 Å². The Labute approximate surface area is 149 Å². The molecule has 3 aliphatic rings. The minimum Gasteiger partial charge on any atom is -0.355 e. The van der Waals surface area contributed by atoms with Crippen molar-refractivity contribution in [3.8, 4) is 0 Å². The third-order valence-electron chi connectivity index (χ3n) is 6.47. The maximum atomic E-state index is 13.0. The van der Waals surface area contributed by atoms with E-state index in [4.69, 9.17) is 5.73 Å². The SMILES string of the molecule is Cc1nc(C(=O)N2CCC3(CCCC3)C2)nc(N2CC[C@@H](N)C2)c1C. The number of hydrogen-bond donors (Lipinski definition) is 1. The zero-order chi connectivity index (χ0) is 17.6. The molecule has 1 saturated carbocycles. The molecule has 2 N–H and O–H groups in total. The number of hydrogen-bond acceptors (Lipinski definition) is 5. The van der Waals surface area contributed by atoms with Gasteiger partial charge in [0, 0.05) is 43.5 Å². The number of amides is 1. The lowest BCUT2D eigenvalue weighted by Crippen LogP contribution is -2.34. The molecule has 1 spiro atoms. The molecule has 1 amide bonds. The van der Waals surface area contributed by atoms with Crippen molar-refractivity contribution in [3.63, 3.8) is 0 Å². The largest absolute Gasteiger partial charge is 0.355 e. The van der Waals surface area contributed by atoms with E-state index in [0.29, 0.717) is 11.2 Å². The van der Waals surface area contributed by atoms with Crippen molar-refractivity contribution in [2.24, 2.45) is 11.1 Å². The van der Waals surface area contributed by atoms with Crippen LogP contribution in [0.3, 0.4) is 0 Å². The van der Waals surface area contributed by atoms with E-state index in [9.17, 15) is 4.79 Å². The van der Waals surface area contributed by atoms with Crippen molar-refractivity contribution >= 4 is 11.7 Å². The molecule has 1 aromatic heterocycles. The lowest BCUT2D eigenvalue weighted by molar-refractivity contribution is 0.0761. The number of nitrogens with zero attached hydrogens (tertiary/aromatic N) is 4. The van der Waals surface area contributed by atoms with Crippen LogP contribution in [-0.4, -0.2) is 53.0 Å². The predicted octanol–water partition coefficient (Wildman–Crippen LogP) is 2.04. The Balaban J connectivity index is 1.57. The molecule has 3 fully saturated rings. The van der Waals surface area contributed by atoms with Crippen molar-refractivity contribution < 1.29 is 4.79 Å². The number of likely N-dealkylation sites (tertiary alicyclic amines) is 1. The fourth-order valence-electron chi connectivity index (χ4n) is 4.78. The molecule has 1 aliphatic carbocycles. The summed E-state index contributed by atoms with van der Waals surface area (Å²) in [6, 6.07) is 0.189. The summed E-state index contributed by atoms with van der Waals surface area (Å²) in [6.07, 6.45) is 7.25. The Kier molecular flexibility index (Phi) is 4.18. The summed E-state index contributed by atoms with van der Waals surface area (Å²) >= 11 is 0. The molecule has 0 unspecified atom stereocenters. The van der Waals surface area contributed by atoms with E-state index in [2.05, 4.69) is 14.9 Å². The summed E-state index contributed by atoms with van der Waals surface area (Å²) in [7, 11) is 0. The molecular weight excluding hydrogens is 314 g/mol. The molecule has 25 heavy (non-hydrogen) atoms. The second-order valence-electron chi connectivity index (χ2n) is 8.26. The van der Waals surface area contributed by atoms with Gasteiger partial charge in [0.2, 0.25) is 5.82 Å². The molecule has 0 radical (unpaired) electrons. The van der Waals surface area contributed by atoms with Gasteiger partial charge >= 0.3 is 0 Å². The third kappa shape index (κ3) is 3.01. The van der Waals surface area contributed by atoms with E-state index in [0.717, 1.165) is 56.1 Å². The van der Waals surface area contributed by atoms with Crippen molar-refractivity contribution in [2.75, 3.05) is 31.1 Å². The van der Waals surface area contributed by atoms with Gasteiger partial charge in [-0.25, -0.2) is 9.97 Å². The summed E-state index contributed by atoms with van der Waals surface area (Å²) < 4.78 is 0. The number of aromatic nitrogens is 2. The third-order valence-corrected chi connectivity index (χ3v) is 6.47. The quantitative estimate of drug-likeness (QED) is 0.889. The first kappa shape index (κ1) is 16.8. The molecule has 0 bridgehead atoms. The van der Waals surface area contributed by atoms with Crippen LogP contribution in [0.2, 0.25) is 0 Å². The fourth-order valence-corrected chi connectivity index (χ4v) is 4.78. The van der Waals surface area contributed by atoms with Gasteiger partial charge in [0.15, 0.2) is 0 Å². The Bertz CT molecular complexity index is 683. The zero-order valence-corrected chi connectivity index (χ0v) is 15.4. The average Bonchev–Trinajstić information content (AvgIpc) is 3.32. The van der Waals surface area contributed by atoms with E-state index in [1.165, 1.54) is 25.7 Å². The predicted molar refractivity (Wildman–Crippen MR) is 97.7 cm³/mol. The first-order valence-corrected chi connectivity index (χ1v) is 9.62. The highest BCUT2D eigenvalue weighted by Crippen LogP contribution is 2.45. The highest BCUT2D eigenvalue weighted by atomic mass is 16.2. The Hall–Kier alpha value is -1.69. The number of nitrogens with two attached hydrogens (primary N) is 1. The molecule has 4 rings (SSSR count). The van der Waals surface area contributed by atoms with Crippen LogP contribution < -0.4 is 10.6 Å². The number of aryl methyl sites for hydroxylation is 1. The summed E-state index contributed by atoms with van der Waals surface area (Å²) in [5, 5.41) is 0. The highest BCUT2D eigenvalue weighted by molar-refractivity contribution is 5.91. The van der Waals surface area contributed by atoms with Crippen molar-refractivity contribution in [1.82, 2.24) is 14.9 Å². The Morgan fingerprint density at radius 3 is 2.60 bits per heavy atom. The van der Waals surface area contributed by atoms with Crippen molar-refractivity contribution in [3.05, 3.63) is 17.1 Å². The molecule has 0 aromatic carbocycles. The van der Waals surface area contributed by atoms with Crippen LogP contribution in [0.4, 0.5) is 5.82 Å². The molecule has 6 heteroatoms. The van der Waals surface area contributed by atoms with Crippen LogP contribution in [0.1, 0.15) is 60.4 Å². The van der Waals surface area contributed by atoms with E-state index in [-0.39, 0.29) is 11.9 Å². The zero-order valence-electron chi connectivity index (χ0n) is 15.4. The summed E-state index contributed by atoms with van der Waals surface area (Å²) in [4.78, 5) is 26.4. The van der Waals surface area contributed by atoms with Crippen LogP contribution in [0.25, 0.3) is 0 Å². The smallest absolute Gasteiger partial charge is 0.291 e. The second kappa shape index (κ2) is 6.24. The summed E-state index contributed by atoms with van der Waals surface area (Å²) in [5.41, 5.74) is 8.38. The van der Waals surface area contributed by atoms with Crippen LogP contribution in [0.15, 0.2) is 0 Å². The minimum absolute atomic E-state index is 0.00313. The van der Waals surface area contributed by atoms with Gasteiger partial charge in [0.05, 0.1) is 0 Å². The van der Waals surface area contributed by atoms with Crippen LogP contribution in [0.5, 0.6) is 0 Å². The number of carbonyl (C=O) groups is 1. The molecule has 1 atom stereocenters. The Morgan fingerprint density at radius 2 is 1.92 bits per heavy atom. The number of carbonyl (C=O) groups excluding carboxylic acids is 1. The van der Waals surface area contributed by atoms with Crippen LogP contribution in [-0.2, 0) is 0 Å². The second-order valence-corrected chi connectivity index (χ2v) is 8.26. The van der Waals surface area contributed by atoms with Crippen LogP contribution in [0, 0.1) is 19.3 Å². The van der Waals surface area contributed by atoms with Gasteiger partial charge in [-0.15, -0.1) is 0 Å². The lowest BCUT2D eigenvalue weighted by atomic mass is 9.86. The van der Waals surface area contributed by atoms with E-state index in [1.54, 1.807) is 0 Å². The molecule has 1 aromatic rings. The van der Waals surface area contributed by atoms with E-state index >= 15 is 0 Å². The first-order chi connectivity index (χ1) is 12.0. The summed E-state index contributed by atoms with van der Waals surface area (Å²) in [5.74, 6) is 1.24. The van der Waals surface area contributed by atoms with Gasteiger partial charge in [0.25, 0.3) is 5.91 Å². The standard InChI is InChI=1S/C19H29N5O/c1-13-14(2)21-16(22-17(13)23-9-5-15(20)11-23)18(25)24-10-8-19(12-24)6-3-4-7-19/h15H,3-12,20H2,1-2H3/t15-/m1/s1. The topological polar surface area (TPSA) is 75.4 Å². The van der Waals surface area contributed by atoms with Crippen molar-refractivity contribution in [2.45, 2.75) is 58.4 Å². The molecule has 2 saturated heterocycles. The highest BCUT2D eigenvalue weighted by Gasteiger charge is 2.42. The molecular formula is C19H29N5O. The first-order valence-electron chi connectivity index (χ1n) is 9.62. The van der Waals surface area contributed by atoms with Gasteiger partial charge in [-0.3, -0.25) is 4.79 Å². The summed E-state index contributed by atoms with van der Waals surface area (Å²) in [6.45, 7) is 7.43. The normalized spacial score (nSPS) is 25.3. The molecule has 6 nitrogen and oxygen atoms in total. The average molecular weight is 343 g/mol. The Morgan fingerprint density at radius 1 is 1.16 bits per heavy atom. The number of anilines is 1. The van der Waals surface area contributed by atoms with E-state index < -0.39 is 0 Å². The minimum atomic E-state index is -0.00313. The van der Waals surface area contributed by atoms with E-state index in [1.807, 2.05) is 18.7 Å². The molecule has 2 aliphatic heterocycles. The maximum Gasteiger partial charge on any atom is 0.291 e. The number of rotatable bonds is 2. The van der Waals surface area contributed by atoms with Crippen molar-refractivity contribution in [1.29, 1.82) is 0 Å².